The van der Waals surface area contributed by atoms with Crippen LogP contribution >= 0.6 is 0 Å². The Morgan fingerprint density at radius 1 is 1.32 bits per heavy atom. The first-order valence-corrected chi connectivity index (χ1v) is 7.37. The van der Waals surface area contributed by atoms with E-state index in [1.165, 1.54) is 25.7 Å². The van der Waals surface area contributed by atoms with Crippen molar-refractivity contribution in [2.75, 3.05) is 6.61 Å². The maximum Gasteiger partial charge on any atom is 0.145 e. The van der Waals surface area contributed by atoms with Crippen LogP contribution in [-0.2, 0) is 4.74 Å². The minimum absolute atomic E-state index is 0.0537. The number of nitrogens with two attached hydrogens (primary N) is 1. The average Bonchev–Trinajstić information content (AvgIpc) is 2.87. The van der Waals surface area contributed by atoms with Gasteiger partial charge in [0.2, 0.25) is 0 Å². The molecule has 1 aliphatic carbocycles. The molecule has 0 amide bonds. The second-order valence-electron chi connectivity index (χ2n) is 6.14. The van der Waals surface area contributed by atoms with E-state index in [-0.39, 0.29) is 11.6 Å². The highest BCUT2D eigenvalue weighted by atomic mass is 16.5. The number of ether oxygens (including phenoxy) is 1. The molecule has 4 heteroatoms. The Kier molecular flexibility index (Phi) is 3.54. The van der Waals surface area contributed by atoms with Crippen LogP contribution in [0.5, 0.6) is 0 Å². The van der Waals surface area contributed by atoms with Crippen molar-refractivity contribution in [3.63, 3.8) is 0 Å². The highest BCUT2D eigenvalue weighted by molar-refractivity contribution is 5.06. The molecule has 4 nitrogen and oxygen atoms in total. The fraction of sp³-hybridized carbons (Fsp3) is 0.733. The predicted octanol–water partition coefficient (Wildman–Crippen LogP) is 2.52. The van der Waals surface area contributed by atoms with Gasteiger partial charge >= 0.3 is 0 Å². The lowest BCUT2D eigenvalue weighted by Gasteiger charge is -2.40. The summed E-state index contributed by atoms with van der Waals surface area (Å²) in [6, 6.07) is -0.0537. The van der Waals surface area contributed by atoms with Gasteiger partial charge in [0.1, 0.15) is 5.82 Å². The Morgan fingerprint density at radius 3 is 2.68 bits per heavy atom. The number of nitrogens with zero attached hydrogens (tertiary/aromatic N) is 2. The highest BCUT2D eigenvalue weighted by Crippen LogP contribution is 2.44. The molecule has 1 spiro atoms. The van der Waals surface area contributed by atoms with Gasteiger partial charge < -0.3 is 10.5 Å². The fourth-order valence-corrected chi connectivity index (χ4v) is 3.53. The molecule has 104 valence electrons. The van der Waals surface area contributed by atoms with Gasteiger partial charge in [0, 0.05) is 19.0 Å². The van der Waals surface area contributed by atoms with Crippen LogP contribution in [0.25, 0.3) is 0 Å². The van der Waals surface area contributed by atoms with Crippen molar-refractivity contribution in [3.05, 3.63) is 23.8 Å². The molecule has 2 fully saturated rings. The first-order chi connectivity index (χ1) is 9.19. The Balaban J connectivity index is 1.72. The van der Waals surface area contributed by atoms with E-state index in [1.807, 2.05) is 19.3 Å². The van der Waals surface area contributed by atoms with Crippen molar-refractivity contribution in [2.24, 2.45) is 11.7 Å². The van der Waals surface area contributed by atoms with Crippen molar-refractivity contribution in [3.8, 4) is 0 Å². The van der Waals surface area contributed by atoms with Gasteiger partial charge in [0.25, 0.3) is 0 Å². The molecule has 3 rings (SSSR count). The van der Waals surface area contributed by atoms with E-state index in [4.69, 9.17) is 10.5 Å². The Bertz CT molecular complexity index is 426. The molecule has 0 aromatic carbocycles. The van der Waals surface area contributed by atoms with Gasteiger partial charge in [-0.25, -0.2) is 9.97 Å². The lowest BCUT2D eigenvalue weighted by atomic mass is 9.80. The second-order valence-corrected chi connectivity index (χ2v) is 6.14. The summed E-state index contributed by atoms with van der Waals surface area (Å²) < 4.78 is 6.07. The summed E-state index contributed by atoms with van der Waals surface area (Å²) >= 11 is 0. The van der Waals surface area contributed by atoms with E-state index < -0.39 is 0 Å². The van der Waals surface area contributed by atoms with Gasteiger partial charge in [0.15, 0.2) is 0 Å². The molecule has 1 aromatic heterocycles. The van der Waals surface area contributed by atoms with Crippen molar-refractivity contribution < 1.29 is 4.74 Å². The number of aromatic nitrogens is 2. The molecule has 2 atom stereocenters. The summed E-state index contributed by atoms with van der Waals surface area (Å²) in [5.74, 6) is 1.24. The lowest BCUT2D eigenvalue weighted by Crippen LogP contribution is -2.41. The van der Waals surface area contributed by atoms with Gasteiger partial charge in [-0.05, 0) is 44.1 Å². The minimum atomic E-state index is -0.0537. The molecule has 1 saturated heterocycles. The molecule has 2 unspecified atom stereocenters. The third kappa shape index (κ3) is 2.65. The van der Waals surface area contributed by atoms with E-state index in [0.29, 0.717) is 5.92 Å². The van der Waals surface area contributed by atoms with Crippen LogP contribution in [0.1, 0.15) is 56.0 Å². The van der Waals surface area contributed by atoms with Crippen LogP contribution in [-0.4, -0.2) is 22.2 Å². The SMILES string of the molecule is Cc1cnc(C(N)C2CCOC3(CCCC3)C2)nc1. The molecule has 1 aromatic rings. The molecule has 2 N–H and O–H groups in total. The van der Waals surface area contributed by atoms with Crippen LogP contribution in [0.4, 0.5) is 0 Å². The number of hydrogen-bond donors (Lipinski definition) is 1. The van der Waals surface area contributed by atoms with Gasteiger partial charge in [-0.15, -0.1) is 0 Å². The maximum atomic E-state index is 6.39. The zero-order valence-corrected chi connectivity index (χ0v) is 11.6. The third-order valence-corrected chi connectivity index (χ3v) is 4.65. The lowest BCUT2D eigenvalue weighted by molar-refractivity contribution is -0.0967. The van der Waals surface area contributed by atoms with Crippen LogP contribution < -0.4 is 5.73 Å². The van der Waals surface area contributed by atoms with Crippen LogP contribution in [0.3, 0.4) is 0 Å². The molecule has 1 saturated carbocycles. The Hall–Kier alpha value is -1.00. The normalized spacial score (nSPS) is 27.6. The van der Waals surface area contributed by atoms with E-state index in [2.05, 4.69) is 9.97 Å². The van der Waals surface area contributed by atoms with Crippen molar-refractivity contribution in [1.29, 1.82) is 0 Å². The highest BCUT2D eigenvalue weighted by Gasteiger charge is 2.41. The molecule has 0 bridgehead atoms. The standard InChI is InChI=1S/C15H23N3O/c1-11-9-17-14(18-10-11)13(16)12-4-7-19-15(8-12)5-2-3-6-15/h9-10,12-13H,2-8,16H2,1H3. The topological polar surface area (TPSA) is 61.0 Å². The number of hydrogen-bond acceptors (Lipinski definition) is 4. The maximum absolute atomic E-state index is 6.39. The van der Waals surface area contributed by atoms with Gasteiger partial charge in [-0.3, -0.25) is 0 Å². The third-order valence-electron chi connectivity index (χ3n) is 4.65. The van der Waals surface area contributed by atoms with E-state index in [9.17, 15) is 0 Å². The van der Waals surface area contributed by atoms with Crippen LogP contribution in [0.2, 0.25) is 0 Å². The van der Waals surface area contributed by atoms with E-state index in [0.717, 1.165) is 30.8 Å². The summed E-state index contributed by atoms with van der Waals surface area (Å²) in [7, 11) is 0. The number of aryl methyl sites for hydroxylation is 1. The summed E-state index contributed by atoms with van der Waals surface area (Å²) in [5, 5.41) is 0. The smallest absolute Gasteiger partial charge is 0.145 e. The first kappa shape index (κ1) is 13.0. The second kappa shape index (κ2) is 5.17. The van der Waals surface area contributed by atoms with Crippen molar-refractivity contribution >= 4 is 0 Å². The van der Waals surface area contributed by atoms with Crippen molar-refractivity contribution in [1.82, 2.24) is 9.97 Å². The molecule has 19 heavy (non-hydrogen) atoms. The number of rotatable bonds is 2. The molecule has 2 heterocycles. The molecule has 0 radical (unpaired) electrons. The minimum Gasteiger partial charge on any atom is -0.375 e. The molecule has 1 aliphatic heterocycles. The summed E-state index contributed by atoms with van der Waals surface area (Å²) in [6.07, 6.45) is 10.8. The van der Waals surface area contributed by atoms with Gasteiger partial charge in [0.05, 0.1) is 11.6 Å². The fourth-order valence-electron chi connectivity index (χ4n) is 3.53. The van der Waals surface area contributed by atoms with E-state index in [1.54, 1.807) is 0 Å². The van der Waals surface area contributed by atoms with Gasteiger partial charge in [-0.2, -0.15) is 0 Å². The Morgan fingerprint density at radius 2 is 2.00 bits per heavy atom. The largest absolute Gasteiger partial charge is 0.375 e. The van der Waals surface area contributed by atoms with Crippen molar-refractivity contribution in [2.45, 2.75) is 57.1 Å². The quantitative estimate of drug-likeness (QED) is 0.888. The monoisotopic (exact) mass is 261 g/mol. The molecule has 2 aliphatic rings. The zero-order chi connectivity index (χ0) is 13.3. The Labute approximate surface area is 114 Å². The van der Waals surface area contributed by atoms with E-state index >= 15 is 0 Å². The summed E-state index contributed by atoms with van der Waals surface area (Å²) in [6.45, 7) is 2.83. The first-order valence-electron chi connectivity index (χ1n) is 7.37. The predicted molar refractivity (Wildman–Crippen MR) is 73.6 cm³/mol. The molecular formula is C15H23N3O. The summed E-state index contributed by atoms with van der Waals surface area (Å²) in [4.78, 5) is 8.78. The average molecular weight is 261 g/mol. The molecular weight excluding hydrogens is 238 g/mol. The summed E-state index contributed by atoms with van der Waals surface area (Å²) in [5.41, 5.74) is 7.59. The van der Waals surface area contributed by atoms with Gasteiger partial charge in [-0.1, -0.05) is 12.8 Å². The van der Waals surface area contributed by atoms with Crippen LogP contribution in [0.15, 0.2) is 12.4 Å². The zero-order valence-electron chi connectivity index (χ0n) is 11.6. The van der Waals surface area contributed by atoms with Crippen LogP contribution in [0, 0.1) is 12.8 Å².